The first kappa shape index (κ1) is 16.7. The van der Waals surface area contributed by atoms with Gasteiger partial charge in [0.25, 0.3) is 0 Å². The van der Waals surface area contributed by atoms with Crippen LogP contribution in [0.15, 0.2) is 36.4 Å². The molecule has 0 amide bonds. The van der Waals surface area contributed by atoms with Crippen LogP contribution < -0.4 is 19.9 Å². The van der Waals surface area contributed by atoms with Gasteiger partial charge >= 0.3 is 5.97 Å². The summed E-state index contributed by atoms with van der Waals surface area (Å²) in [4.78, 5) is 12.3. The van der Waals surface area contributed by atoms with Gasteiger partial charge < -0.3 is 24.7 Å². The maximum Gasteiger partial charge on any atom is 0.339 e. The van der Waals surface area contributed by atoms with E-state index in [9.17, 15) is 4.79 Å². The van der Waals surface area contributed by atoms with Crippen molar-refractivity contribution >= 4 is 22.8 Å². The number of hydrogen-bond donors (Lipinski definition) is 1. The predicted molar refractivity (Wildman–Crippen MR) is 94.7 cm³/mol. The van der Waals surface area contributed by atoms with Crippen molar-refractivity contribution in [3.8, 4) is 17.2 Å². The largest absolute Gasteiger partial charge is 0.493 e. The zero-order valence-corrected chi connectivity index (χ0v) is 14.3. The van der Waals surface area contributed by atoms with E-state index in [0.717, 1.165) is 11.1 Å². The fourth-order valence-electron chi connectivity index (χ4n) is 2.89. The lowest BCUT2D eigenvalue weighted by Gasteiger charge is -2.15. The van der Waals surface area contributed by atoms with E-state index in [-0.39, 0.29) is 6.61 Å². The third kappa shape index (κ3) is 2.87. The highest BCUT2D eigenvalue weighted by Crippen LogP contribution is 2.43. The third-order valence-electron chi connectivity index (χ3n) is 4.10. The van der Waals surface area contributed by atoms with Crippen molar-refractivity contribution in [2.75, 3.05) is 33.7 Å². The number of anilines is 1. The second kappa shape index (κ2) is 6.76. The Labute approximate surface area is 145 Å². The van der Waals surface area contributed by atoms with E-state index in [1.807, 2.05) is 12.1 Å². The van der Waals surface area contributed by atoms with Crippen LogP contribution in [0.25, 0.3) is 11.1 Å². The van der Waals surface area contributed by atoms with Crippen LogP contribution in [-0.2, 0) is 9.53 Å². The van der Waals surface area contributed by atoms with E-state index in [0.29, 0.717) is 34.1 Å². The van der Waals surface area contributed by atoms with Crippen LogP contribution in [0.5, 0.6) is 17.2 Å². The Kier molecular flexibility index (Phi) is 4.52. The predicted octanol–water partition coefficient (Wildman–Crippen LogP) is 2.76. The molecule has 6 nitrogen and oxygen atoms in total. The molecule has 2 aromatic rings. The first-order chi connectivity index (χ1) is 12.1. The molecular formula is C19H19NO5. The summed E-state index contributed by atoms with van der Waals surface area (Å²) >= 11 is 0. The van der Waals surface area contributed by atoms with Crippen LogP contribution >= 0.6 is 0 Å². The molecule has 2 aromatic carbocycles. The van der Waals surface area contributed by atoms with Gasteiger partial charge in [-0.05, 0) is 23.8 Å². The Morgan fingerprint density at radius 1 is 1.00 bits per heavy atom. The molecule has 0 saturated heterocycles. The van der Waals surface area contributed by atoms with E-state index in [1.54, 1.807) is 38.5 Å². The zero-order valence-electron chi connectivity index (χ0n) is 14.3. The molecular weight excluding hydrogens is 322 g/mol. The number of cyclic esters (lactones) is 1. The van der Waals surface area contributed by atoms with E-state index >= 15 is 0 Å². The number of carbonyl (C=O) groups is 1. The molecule has 0 fully saturated rings. The molecule has 0 unspecified atom stereocenters. The van der Waals surface area contributed by atoms with Crippen molar-refractivity contribution in [1.29, 1.82) is 0 Å². The van der Waals surface area contributed by atoms with Crippen molar-refractivity contribution in [1.82, 2.24) is 0 Å². The average Bonchev–Trinajstić information content (AvgIpc) is 3.02. The van der Waals surface area contributed by atoms with Gasteiger partial charge in [0.05, 0.1) is 26.9 Å². The highest BCUT2D eigenvalue weighted by Gasteiger charge is 2.29. The molecule has 0 radical (unpaired) electrons. The number of nitrogens with two attached hydrogens (primary N) is 1. The van der Waals surface area contributed by atoms with Crippen molar-refractivity contribution in [2.45, 2.75) is 0 Å². The van der Waals surface area contributed by atoms with Crippen molar-refractivity contribution in [3.63, 3.8) is 0 Å². The standard InChI is InChI=1S/C19H19NO5/c1-22-15-8-11(9-16(23-2)18(15)24-3)13-10-25-19(21)17(13)12-6-4-5-7-14(12)20/h4-9H,10,20H2,1-3H3. The molecule has 0 bridgehead atoms. The molecule has 0 atom stereocenters. The third-order valence-corrected chi connectivity index (χ3v) is 4.10. The number of carbonyl (C=O) groups excluding carboxylic acids is 1. The van der Waals surface area contributed by atoms with E-state index < -0.39 is 5.97 Å². The molecule has 6 heteroatoms. The van der Waals surface area contributed by atoms with Crippen LogP contribution in [0.4, 0.5) is 5.69 Å². The summed E-state index contributed by atoms with van der Waals surface area (Å²) in [6.45, 7) is 0.154. The summed E-state index contributed by atoms with van der Waals surface area (Å²) in [6.07, 6.45) is 0. The first-order valence-electron chi connectivity index (χ1n) is 7.66. The van der Waals surface area contributed by atoms with Gasteiger partial charge in [-0.3, -0.25) is 0 Å². The Hall–Kier alpha value is -3.15. The monoisotopic (exact) mass is 341 g/mol. The molecule has 130 valence electrons. The molecule has 0 aromatic heterocycles. The molecule has 1 aliphatic heterocycles. The number of para-hydroxylation sites is 1. The van der Waals surface area contributed by atoms with Gasteiger partial charge in [-0.15, -0.1) is 0 Å². The summed E-state index contributed by atoms with van der Waals surface area (Å²) in [5.74, 6) is 1.09. The van der Waals surface area contributed by atoms with Crippen LogP contribution in [0.2, 0.25) is 0 Å². The second-order valence-electron chi connectivity index (χ2n) is 5.43. The minimum atomic E-state index is -0.401. The van der Waals surface area contributed by atoms with E-state index in [1.165, 1.54) is 7.11 Å². The number of benzene rings is 2. The van der Waals surface area contributed by atoms with Gasteiger partial charge in [0.2, 0.25) is 5.75 Å². The van der Waals surface area contributed by atoms with Crippen molar-refractivity contribution in [2.24, 2.45) is 0 Å². The number of esters is 1. The SMILES string of the molecule is COc1cc(C2=C(c3ccccc3N)C(=O)OC2)cc(OC)c1OC. The molecule has 0 spiro atoms. The molecule has 0 saturated carbocycles. The summed E-state index contributed by atoms with van der Waals surface area (Å²) in [6, 6.07) is 10.8. The fraction of sp³-hybridized carbons (Fsp3) is 0.211. The van der Waals surface area contributed by atoms with Crippen LogP contribution in [-0.4, -0.2) is 33.9 Å². The van der Waals surface area contributed by atoms with Gasteiger partial charge in [-0.1, -0.05) is 18.2 Å². The summed E-state index contributed by atoms with van der Waals surface area (Å²) in [5.41, 5.74) is 9.14. The highest BCUT2D eigenvalue weighted by atomic mass is 16.5. The Morgan fingerprint density at radius 3 is 2.20 bits per heavy atom. The Morgan fingerprint density at radius 2 is 1.64 bits per heavy atom. The van der Waals surface area contributed by atoms with Crippen molar-refractivity contribution in [3.05, 3.63) is 47.5 Å². The van der Waals surface area contributed by atoms with Gasteiger partial charge in [0.1, 0.15) is 6.61 Å². The minimum Gasteiger partial charge on any atom is -0.493 e. The second-order valence-corrected chi connectivity index (χ2v) is 5.43. The minimum absolute atomic E-state index is 0.154. The van der Waals surface area contributed by atoms with Gasteiger partial charge in [-0.2, -0.15) is 0 Å². The summed E-state index contributed by atoms with van der Waals surface area (Å²) < 4.78 is 21.4. The average molecular weight is 341 g/mol. The van der Waals surface area contributed by atoms with E-state index in [4.69, 9.17) is 24.7 Å². The number of methoxy groups -OCH3 is 3. The lowest BCUT2D eigenvalue weighted by Crippen LogP contribution is -2.02. The number of ether oxygens (including phenoxy) is 4. The normalized spacial score (nSPS) is 13.6. The quantitative estimate of drug-likeness (QED) is 0.665. The maximum atomic E-state index is 12.3. The Bertz CT molecular complexity index is 832. The molecule has 25 heavy (non-hydrogen) atoms. The lowest BCUT2D eigenvalue weighted by atomic mass is 9.95. The number of rotatable bonds is 5. The number of hydrogen-bond acceptors (Lipinski definition) is 6. The summed E-state index contributed by atoms with van der Waals surface area (Å²) in [7, 11) is 4.63. The fourth-order valence-corrected chi connectivity index (χ4v) is 2.89. The zero-order chi connectivity index (χ0) is 18.0. The number of nitrogen functional groups attached to an aromatic ring is 1. The van der Waals surface area contributed by atoms with Gasteiger partial charge in [0, 0.05) is 16.8 Å². The molecule has 1 heterocycles. The molecule has 2 N–H and O–H groups in total. The highest BCUT2D eigenvalue weighted by molar-refractivity contribution is 6.28. The maximum absolute atomic E-state index is 12.3. The van der Waals surface area contributed by atoms with Gasteiger partial charge in [-0.25, -0.2) is 4.79 Å². The topological polar surface area (TPSA) is 80.0 Å². The molecule has 3 rings (SSSR count). The van der Waals surface area contributed by atoms with E-state index in [2.05, 4.69) is 0 Å². The first-order valence-corrected chi connectivity index (χ1v) is 7.66. The Balaban J connectivity index is 2.23. The van der Waals surface area contributed by atoms with Gasteiger partial charge in [0.15, 0.2) is 11.5 Å². The smallest absolute Gasteiger partial charge is 0.339 e. The lowest BCUT2D eigenvalue weighted by molar-refractivity contribution is -0.133. The van der Waals surface area contributed by atoms with Crippen LogP contribution in [0.3, 0.4) is 0 Å². The molecule has 1 aliphatic rings. The van der Waals surface area contributed by atoms with Crippen LogP contribution in [0, 0.1) is 0 Å². The van der Waals surface area contributed by atoms with Crippen molar-refractivity contribution < 1.29 is 23.7 Å². The summed E-state index contributed by atoms with van der Waals surface area (Å²) in [5, 5.41) is 0. The molecule has 0 aliphatic carbocycles. The van der Waals surface area contributed by atoms with Crippen LogP contribution in [0.1, 0.15) is 11.1 Å².